The summed E-state index contributed by atoms with van der Waals surface area (Å²) in [6.45, 7) is 1.11. The molecule has 1 fully saturated rings. The van der Waals surface area contributed by atoms with E-state index in [1.165, 1.54) is 48.4 Å². The van der Waals surface area contributed by atoms with Crippen LogP contribution in [0.5, 0.6) is 0 Å². The van der Waals surface area contributed by atoms with Crippen LogP contribution in [0.4, 0.5) is 0 Å². The van der Waals surface area contributed by atoms with Crippen molar-refractivity contribution in [1.29, 1.82) is 0 Å². The van der Waals surface area contributed by atoms with Crippen molar-refractivity contribution in [2.75, 3.05) is 6.54 Å². The molecule has 0 radical (unpaired) electrons. The highest BCUT2D eigenvalue weighted by molar-refractivity contribution is 5.85. The van der Waals surface area contributed by atoms with E-state index in [9.17, 15) is 0 Å². The first-order valence-electron chi connectivity index (χ1n) is 7.63. The van der Waals surface area contributed by atoms with Crippen molar-refractivity contribution in [1.82, 2.24) is 5.32 Å². The minimum absolute atomic E-state index is 0.767. The number of hydrogen-bond donors (Lipinski definition) is 1. The van der Waals surface area contributed by atoms with Gasteiger partial charge >= 0.3 is 0 Å². The van der Waals surface area contributed by atoms with Crippen molar-refractivity contribution in [2.45, 2.75) is 44.6 Å². The van der Waals surface area contributed by atoms with E-state index in [-0.39, 0.29) is 0 Å². The van der Waals surface area contributed by atoms with Gasteiger partial charge in [-0.2, -0.15) is 0 Å². The standard InChI is InChI=1S/C18H23N/c1-2-10-17(11-3-1)19-14-13-16-9-6-8-15-7-4-5-12-18(15)16/h4-9,12,17,19H,1-3,10-11,13-14H2. The number of fused-ring (bicyclic) bond motifs is 1. The van der Waals surface area contributed by atoms with E-state index in [4.69, 9.17) is 0 Å². The predicted octanol–water partition coefficient (Wildman–Crippen LogP) is 4.30. The summed E-state index contributed by atoms with van der Waals surface area (Å²) in [6.07, 6.45) is 8.13. The summed E-state index contributed by atoms with van der Waals surface area (Å²) in [5.74, 6) is 0. The third kappa shape index (κ3) is 3.16. The normalized spacial score (nSPS) is 16.8. The third-order valence-corrected chi connectivity index (χ3v) is 4.31. The van der Waals surface area contributed by atoms with Gasteiger partial charge in [0, 0.05) is 6.04 Å². The van der Waals surface area contributed by atoms with E-state index in [1.807, 2.05) is 0 Å². The van der Waals surface area contributed by atoms with Gasteiger partial charge in [0.05, 0.1) is 0 Å². The second-order valence-electron chi connectivity index (χ2n) is 5.68. The van der Waals surface area contributed by atoms with Crippen LogP contribution >= 0.6 is 0 Å². The Balaban J connectivity index is 1.62. The monoisotopic (exact) mass is 253 g/mol. The zero-order valence-electron chi connectivity index (χ0n) is 11.6. The maximum absolute atomic E-state index is 3.73. The lowest BCUT2D eigenvalue weighted by atomic mass is 9.95. The SMILES string of the molecule is c1ccc2c(CCNC3CCCCC3)cccc2c1. The van der Waals surface area contributed by atoms with Crippen molar-refractivity contribution in [3.8, 4) is 0 Å². The number of hydrogen-bond acceptors (Lipinski definition) is 1. The van der Waals surface area contributed by atoms with Crippen molar-refractivity contribution in [2.24, 2.45) is 0 Å². The van der Waals surface area contributed by atoms with Crippen LogP contribution in [0.25, 0.3) is 10.8 Å². The Bertz CT molecular complexity index is 521. The van der Waals surface area contributed by atoms with Crippen LogP contribution in [0, 0.1) is 0 Å². The van der Waals surface area contributed by atoms with Gasteiger partial charge in [0.15, 0.2) is 0 Å². The lowest BCUT2D eigenvalue weighted by Crippen LogP contribution is -2.32. The molecule has 0 heterocycles. The van der Waals surface area contributed by atoms with Gasteiger partial charge < -0.3 is 5.32 Å². The first kappa shape index (κ1) is 12.7. The molecular formula is C18H23N. The predicted molar refractivity (Wildman–Crippen MR) is 82.5 cm³/mol. The average molecular weight is 253 g/mol. The molecule has 100 valence electrons. The van der Waals surface area contributed by atoms with E-state index in [0.29, 0.717) is 0 Å². The van der Waals surface area contributed by atoms with Crippen LogP contribution in [0.3, 0.4) is 0 Å². The third-order valence-electron chi connectivity index (χ3n) is 4.31. The summed E-state index contributed by atoms with van der Waals surface area (Å²) in [4.78, 5) is 0. The largest absolute Gasteiger partial charge is 0.314 e. The highest BCUT2D eigenvalue weighted by Gasteiger charge is 2.12. The molecule has 0 bridgehead atoms. The second kappa shape index (κ2) is 6.21. The van der Waals surface area contributed by atoms with Crippen molar-refractivity contribution in [3.63, 3.8) is 0 Å². The van der Waals surface area contributed by atoms with E-state index < -0.39 is 0 Å². The zero-order chi connectivity index (χ0) is 12.9. The smallest absolute Gasteiger partial charge is 0.00671 e. The Labute approximate surface area is 116 Å². The summed E-state index contributed by atoms with van der Waals surface area (Å²) in [5.41, 5.74) is 1.47. The molecule has 1 N–H and O–H groups in total. The van der Waals surface area contributed by atoms with Crippen LogP contribution in [0.1, 0.15) is 37.7 Å². The number of rotatable bonds is 4. The average Bonchev–Trinajstić information content (AvgIpc) is 2.49. The summed E-state index contributed by atoms with van der Waals surface area (Å²) in [7, 11) is 0. The van der Waals surface area contributed by atoms with E-state index in [1.54, 1.807) is 0 Å². The van der Waals surface area contributed by atoms with Crippen LogP contribution < -0.4 is 5.32 Å². The highest BCUT2D eigenvalue weighted by atomic mass is 14.9. The van der Waals surface area contributed by atoms with Gasteiger partial charge in [-0.3, -0.25) is 0 Å². The van der Waals surface area contributed by atoms with Gasteiger partial charge in [0.25, 0.3) is 0 Å². The Morgan fingerprint density at radius 2 is 1.68 bits per heavy atom. The Morgan fingerprint density at radius 1 is 0.895 bits per heavy atom. The maximum Gasteiger partial charge on any atom is 0.00671 e. The molecule has 0 saturated heterocycles. The fraction of sp³-hybridized carbons (Fsp3) is 0.444. The Hall–Kier alpha value is -1.34. The fourth-order valence-corrected chi connectivity index (χ4v) is 3.23. The topological polar surface area (TPSA) is 12.0 Å². The van der Waals surface area contributed by atoms with Crippen molar-refractivity contribution >= 4 is 10.8 Å². The van der Waals surface area contributed by atoms with Crippen LogP contribution in [-0.4, -0.2) is 12.6 Å². The molecule has 0 unspecified atom stereocenters. The minimum atomic E-state index is 0.767. The molecule has 1 nitrogen and oxygen atoms in total. The summed E-state index contributed by atoms with van der Waals surface area (Å²) >= 11 is 0. The minimum Gasteiger partial charge on any atom is -0.314 e. The first-order chi connectivity index (χ1) is 9.43. The molecule has 2 aromatic carbocycles. The lowest BCUT2D eigenvalue weighted by molar-refractivity contribution is 0.376. The molecule has 1 aliphatic rings. The molecule has 0 atom stereocenters. The summed E-state index contributed by atoms with van der Waals surface area (Å²) < 4.78 is 0. The second-order valence-corrected chi connectivity index (χ2v) is 5.68. The van der Waals surface area contributed by atoms with E-state index in [2.05, 4.69) is 47.8 Å². The van der Waals surface area contributed by atoms with Gasteiger partial charge in [0.2, 0.25) is 0 Å². The van der Waals surface area contributed by atoms with Crippen molar-refractivity contribution < 1.29 is 0 Å². The Morgan fingerprint density at radius 3 is 2.58 bits per heavy atom. The fourth-order valence-electron chi connectivity index (χ4n) is 3.23. The lowest BCUT2D eigenvalue weighted by Gasteiger charge is -2.23. The molecule has 0 aliphatic heterocycles. The molecular weight excluding hydrogens is 230 g/mol. The molecule has 0 spiro atoms. The molecule has 2 aromatic rings. The summed E-state index contributed by atoms with van der Waals surface area (Å²) in [6, 6.07) is 16.1. The first-order valence-corrected chi connectivity index (χ1v) is 7.63. The van der Waals surface area contributed by atoms with Gasteiger partial charge in [-0.05, 0) is 42.1 Å². The molecule has 0 aromatic heterocycles. The maximum atomic E-state index is 3.73. The Kier molecular flexibility index (Phi) is 4.14. The van der Waals surface area contributed by atoms with Crippen molar-refractivity contribution in [3.05, 3.63) is 48.0 Å². The number of benzene rings is 2. The summed E-state index contributed by atoms with van der Waals surface area (Å²) in [5, 5.41) is 6.51. The van der Waals surface area contributed by atoms with Gasteiger partial charge in [0.1, 0.15) is 0 Å². The molecule has 3 rings (SSSR count). The van der Waals surface area contributed by atoms with Gasteiger partial charge in [-0.15, -0.1) is 0 Å². The van der Waals surface area contributed by atoms with Crippen LogP contribution in [-0.2, 0) is 6.42 Å². The van der Waals surface area contributed by atoms with Gasteiger partial charge in [-0.1, -0.05) is 61.7 Å². The molecule has 0 amide bonds. The molecule has 1 aliphatic carbocycles. The molecule has 1 saturated carbocycles. The zero-order valence-corrected chi connectivity index (χ0v) is 11.6. The molecule has 1 heteroatoms. The quantitative estimate of drug-likeness (QED) is 0.856. The van der Waals surface area contributed by atoms with E-state index in [0.717, 1.165) is 19.0 Å². The van der Waals surface area contributed by atoms with Gasteiger partial charge in [-0.25, -0.2) is 0 Å². The number of nitrogens with one attached hydrogen (secondary N) is 1. The van der Waals surface area contributed by atoms with E-state index >= 15 is 0 Å². The molecule has 19 heavy (non-hydrogen) atoms. The van der Waals surface area contributed by atoms with Crippen LogP contribution in [0.15, 0.2) is 42.5 Å². The highest BCUT2D eigenvalue weighted by Crippen LogP contribution is 2.20. The van der Waals surface area contributed by atoms with Crippen LogP contribution in [0.2, 0.25) is 0 Å².